The van der Waals surface area contributed by atoms with Gasteiger partial charge in [-0.3, -0.25) is 0 Å². The Morgan fingerprint density at radius 3 is 1.82 bits per heavy atom. The molecule has 0 radical (unpaired) electrons. The third-order valence-corrected chi connectivity index (χ3v) is 8.01. The van der Waals surface area contributed by atoms with Gasteiger partial charge in [-0.15, -0.1) is 0 Å². The van der Waals surface area contributed by atoms with Crippen molar-refractivity contribution in [1.82, 2.24) is 10.6 Å². The molecule has 1 fully saturated rings. The second-order valence-corrected chi connectivity index (χ2v) is 13.0. The molecule has 39 heavy (non-hydrogen) atoms. The van der Waals surface area contributed by atoms with Crippen LogP contribution in [0.1, 0.15) is 96.4 Å². The van der Waals surface area contributed by atoms with E-state index in [1.807, 2.05) is 13.8 Å². The highest BCUT2D eigenvalue weighted by molar-refractivity contribution is 5.81. The average Bonchev–Trinajstić information content (AvgIpc) is 3.33. The lowest BCUT2D eigenvalue weighted by molar-refractivity contribution is -0.144. The highest BCUT2D eigenvalue weighted by Gasteiger charge is 2.36. The van der Waals surface area contributed by atoms with Gasteiger partial charge in [0.1, 0.15) is 12.1 Å². The van der Waals surface area contributed by atoms with Gasteiger partial charge in [-0.25, -0.2) is 9.59 Å². The number of ether oxygens (including phenoxy) is 2. The van der Waals surface area contributed by atoms with Crippen molar-refractivity contribution in [3.8, 4) is 0 Å². The van der Waals surface area contributed by atoms with Crippen molar-refractivity contribution in [2.45, 2.75) is 103 Å². The van der Waals surface area contributed by atoms with E-state index in [0.717, 1.165) is 6.42 Å². The minimum atomic E-state index is -0.729. The van der Waals surface area contributed by atoms with Crippen molar-refractivity contribution in [1.29, 1.82) is 0 Å². The lowest BCUT2D eigenvalue weighted by atomic mass is 9.80. The van der Waals surface area contributed by atoms with Crippen LogP contribution in [0.4, 0.5) is 4.79 Å². The summed E-state index contributed by atoms with van der Waals surface area (Å²) in [4.78, 5) is 25.0. The van der Waals surface area contributed by atoms with Crippen molar-refractivity contribution >= 4 is 12.1 Å². The lowest BCUT2D eigenvalue weighted by Gasteiger charge is -2.27. The second-order valence-electron chi connectivity index (χ2n) is 13.0. The molecule has 2 aromatic rings. The SMILES string of the molecule is CC[C@H](C)C(NC(=O)O[C@H]1CNC(C(c2ccc(C(C)(C)C)cc2)c2ccc(C(C)(C)C)cc2)C1)C(=O)OC. The summed E-state index contributed by atoms with van der Waals surface area (Å²) >= 11 is 0. The van der Waals surface area contributed by atoms with Gasteiger partial charge < -0.3 is 20.1 Å². The molecule has 1 amide bonds. The van der Waals surface area contributed by atoms with Gasteiger partial charge in [0, 0.05) is 24.9 Å². The van der Waals surface area contributed by atoms with Crippen LogP contribution in [0, 0.1) is 5.92 Å². The Balaban J connectivity index is 1.81. The molecule has 0 bridgehead atoms. The number of hydrogen-bond acceptors (Lipinski definition) is 5. The summed E-state index contributed by atoms with van der Waals surface area (Å²) in [5.74, 6) is -0.412. The average molecular weight is 537 g/mol. The predicted molar refractivity (Wildman–Crippen MR) is 157 cm³/mol. The molecular weight excluding hydrogens is 488 g/mol. The number of methoxy groups -OCH3 is 1. The quantitative estimate of drug-likeness (QED) is 0.379. The van der Waals surface area contributed by atoms with E-state index in [4.69, 9.17) is 9.47 Å². The number of esters is 1. The number of alkyl carbamates (subject to hydrolysis) is 1. The maximum absolute atomic E-state index is 12.8. The minimum absolute atomic E-state index is 0.0593. The topological polar surface area (TPSA) is 76.7 Å². The van der Waals surface area contributed by atoms with E-state index < -0.39 is 18.1 Å². The fourth-order valence-electron chi connectivity index (χ4n) is 5.22. The number of benzene rings is 2. The number of hydrogen-bond donors (Lipinski definition) is 2. The summed E-state index contributed by atoms with van der Waals surface area (Å²) in [6, 6.07) is 17.2. The molecule has 0 spiro atoms. The second kappa shape index (κ2) is 12.5. The maximum Gasteiger partial charge on any atom is 0.408 e. The monoisotopic (exact) mass is 536 g/mol. The van der Waals surface area contributed by atoms with Crippen LogP contribution in [0.25, 0.3) is 0 Å². The highest BCUT2D eigenvalue weighted by Crippen LogP contribution is 2.35. The number of rotatable bonds is 8. The van der Waals surface area contributed by atoms with Crippen molar-refractivity contribution in [3.63, 3.8) is 0 Å². The van der Waals surface area contributed by atoms with E-state index in [0.29, 0.717) is 13.0 Å². The zero-order valence-corrected chi connectivity index (χ0v) is 25.3. The van der Waals surface area contributed by atoms with E-state index in [1.54, 1.807) is 0 Å². The maximum atomic E-state index is 12.8. The first-order valence-corrected chi connectivity index (χ1v) is 14.2. The van der Waals surface area contributed by atoms with Gasteiger partial charge in [-0.05, 0) is 39.0 Å². The molecule has 2 aromatic carbocycles. The van der Waals surface area contributed by atoms with Crippen LogP contribution in [0.5, 0.6) is 0 Å². The molecule has 2 unspecified atom stereocenters. The normalized spacial score (nSPS) is 19.4. The van der Waals surface area contributed by atoms with Crippen LogP contribution in [0.3, 0.4) is 0 Å². The summed E-state index contributed by atoms with van der Waals surface area (Å²) < 4.78 is 10.7. The molecule has 1 aliphatic rings. The van der Waals surface area contributed by atoms with E-state index in [2.05, 4.69) is 101 Å². The van der Waals surface area contributed by atoms with Gasteiger partial charge in [0.05, 0.1) is 7.11 Å². The molecule has 6 heteroatoms. The molecule has 1 saturated heterocycles. The molecule has 0 aromatic heterocycles. The van der Waals surface area contributed by atoms with Crippen molar-refractivity contribution in [2.24, 2.45) is 5.92 Å². The van der Waals surface area contributed by atoms with Crippen molar-refractivity contribution < 1.29 is 19.1 Å². The van der Waals surface area contributed by atoms with E-state index in [1.165, 1.54) is 29.4 Å². The number of nitrogens with one attached hydrogen (secondary N) is 2. The first-order chi connectivity index (χ1) is 18.2. The predicted octanol–water partition coefficient (Wildman–Crippen LogP) is 6.46. The van der Waals surface area contributed by atoms with E-state index in [-0.39, 0.29) is 34.8 Å². The summed E-state index contributed by atoms with van der Waals surface area (Å²) in [6.07, 6.45) is 0.526. The van der Waals surface area contributed by atoms with Gasteiger partial charge in [0.25, 0.3) is 0 Å². The molecular formula is C33H48N2O4. The van der Waals surface area contributed by atoms with Crippen LogP contribution < -0.4 is 10.6 Å². The largest absolute Gasteiger partial charge is 0.467 e. The number of amides is 1. The third kappa shape index (κ3) is 7.84. The first-order valence-electron chi connectivity index (χ1n) is 14.2. The standard InChI is InChI=1S/C33H48N2O4/c1-10-21(2)29(30(36)38-9)35-31(37)39-26-19-27(34-20-26)28(22-11-15-24(16-12-22)32(3,4)5)23-13-17-25(18-14-23)33(6,7)8/h11-18,21,26-29,34H,10,19-20H2,1-9H3,(H,35,37)/t21-,26+,27?,29?/m0/s1. The smallest absolute Gasteiger partial charge is 0.408 e. The Bertz CT molecular complexity index is 1040. The van der Waals surface area contributed by atoms with Gasteiger partial charge in [-0.2, -0.15) is 0 Å². The first kappa shape index (κ1) is 30.7. The molecule has 2 N–H and O–H groups in total. The molecule has 0 aliphatic carbocycles. The Kier molecular flexibility index (Phi) is 9.87. The van der Waals surface area contributed by atoms with E-state index >= 15 is 0 Å². The molecule has 4 atom stereocenters. The summed E-state index contributed by atoms with van der Waals surface area (Å²) in [5.41, 5.74) is 5.22. The summed E-state index contributed by atoms with van der Waals surface area (Å²) in [5, 5.41) is 6.35. The molecule has 3 rings (SSSR count). The lowest BCUT2D eigenvalue weighted by Crippen LogP contribution is -2.46. The Labute approximate surface area is 235 Å². The fourth-order valence-corrected chi connectivity index (χ4v) is 5.22. The van der Waals surface area contributed by atoms with E-state index in [9.17, 15) is 9.59 Å². The van der Waals surface area contributed by atoms with Gasteiger partial charge in [0.15, 0.2) is 0 Å². The Hall–Kier alpha value is -2.86. The van der Waals surface area contributed by atoms with Crippen molar-refractivity contribution in [3.05, 3.63) is 70.8 Å². The summed E-state index contributed by atoms with van der Waals surface area (Å²) in [7, 11) is 1.33. The number of carbonyl (C=O) groups excluding carboxylic acids is 2. The van der Waals surface area contributed by atoms with Crippen LogP contribution >= 0.6 is 0 Å². The van der Waals surface area contributed by atoms with Gasteiger partial charge in [-0.1, -0.05) is 110 Å². The van der Waals surface area contributed by atoms with Crippen LogP contribution in [-0.4, -0.2) is 43.9 Å². The fraction of sp³-hybridized carbons (Fsp3) is 0.576. The highest BCUT2D eigenvalue weighted by atomic mass is 16.6. The molecule has 1 heterocycles. The van der Waals surface area contributed by atoms with Crippen LogP contribution in [-0.2, 0) is 25.1 Å². The molecule has 6 nitrogen and oxygen atoms in total. The Morgan fingerprint density at radius 1 is 0.923 bits per heavy atom. The zero-order chi connectivity index (χ0) is 29.0. The summed E-state index contributed by atoms with van der Waals surface area (Å²) in [6.45, 7) is 17.8. The number of carbonyl (C=O) groups is 2. The Morgan fingerprint density at radius 2 is 1.41 bits per heavy atom. The molecule has 214 valence electrons. The molecule has 0 saturated carbocycles. The third-order valence-electron chi connectivity index (χ3n) is 8.01. The molecule has 1 aliphatic heterocycles. The van der Waals surface area contributed by atoms with Gasteiger partial charge >= 0.3 is 12.1 Å². The van der Waals surface area contributed by atoms with Crippen LogP contribution in [0.15, 0.2) is 48.5 Å². The van der Waals surface area contributed by atoms with Gasteiger partial charge in [0.2, 0.25) is 0 Å². The van der Waals surface area contributed by atoms with Crippen LogP contribution in [0.2, 0.25) is 0 Å². The van der Waals surface area contributed by atoms with Crippen molar-refractivity contribution in [2.75, 3.05) is 13.7 Å². The zero-order valence-electron chi connectivity index (χ0n) is 25.3. The minimum Gasteiger partial charge on any atom is -0.467 e.